The van der Waals surface area contributed by atoms with Gasteiger partial charge in [0, 0.05) is 11.6 Å². The Kier molecular flexibility index (Phi) is 4.39. The van der Waals surface area contributed by atoms with E-state index in [0.717, 1.165) is 10.6 Å². The fraction of sp³-hybridized carbons (Fsp3) is 0.455. The summed E-state index contributed by atoms with van der Waals surface area (Å²) in [6.07, 6.45) is 0.707. The van der Waals surface area contributed by atoms with Gasteiger partial charge in [-0.1, -0.05) is 17.7 Å². The fourth-order valence-corrected chi connectivity index (χ4v) is 1.88. The van der Waals surface area contributed by atoms with E-state index >= 15 is 0 Å². The number of aryl methyl sites for hydroxylation is 1. The van der Waals surface area contributed by atoms with Crippen molar-refractivity contribution in [2.24, 2.45) is 5.73 Å². The monoisotopic (exact) mass is 213 g/mol. The molecule has 0 heterocycles. The van der Waals surface area contributed by atoms with E-state index in [9.17, 15) is 0 Å². The molecule has 0 aliphatic carbocycles. The summed E-state index contributed by atoms with van der Waals surface area (Å²) in [6.45, 7) is 2.74. The molecule has 0 amide bonds. The lowest BCUT2D eigenvalue weighted by Gasteiger charge is -2.16. The van der Waals surface area contributed by atoms with Gasteiger partial charge in [0.1, 0.15) is 0 Å². The van der Waals surface area contributed by atoms with Crippen LogP contribution in [0.3, 0.4) is 0 Å². The minimum Gasteiger partial charge on any atom is -0.396 e. The molecule has 1 rings (SSSR count). The van der Waals surface area contributed by atoms with Gasteiger partial charge in [-0.2, -0.15) is 0 Å². The van der Waals surface area contributed by atoms with E-state index in [2.05, 4.69) is 0 Å². The maximum atomic E-state index is 8.89. The first-order valence-corrected chi connectivity index (χ1v) is 5.13. The van der Waals surface area contributed by atoms with Crippen molar-refractivity contribution in [3.05, 3.63) is 34.3 Å². The molecule has 1 atom stereocenters. The number of aliphatic hydroxyl groups excluding tert-OH is 1. The van der Waals surface area contributed by atoms with E-state index in [1.807, 2.05) is 25.1 Å². The van der Waals surface area contributed by atoms with E-state index < -0.39 is 0 Å². The highest BCUT2D eigenvalue weighted by Gasteiger charge is 2.11. The molecule has 0 radical (unpaired) electrons. The van der Waals surface area contributed by atoms with Crippen LogP contribution in [0.25, 0.3) is 0 Å². The summed E-state index contributed by atoms with van der Waals surface area (Å²) >= 11 is 5.86. The van der Waals surface area contributed by atoms with Gasteiger partial charge in [0.2, 0.25) is 0 Å². The normalized spacial score (nSPS) is 12.9. The standard InChI is InChI=1S/C11H16ClNO/c1-8-6-10(12)2-3-11(8)9(7-13)4-5-14/h2-3,6,9,14H,4-5,7,13H2,1H3. The lowest BCUT2D eigenvalue weighted by atomic mass is 9.92. The molecule has 1 unspecified atom stereocenters. The summed E-state index contributed by atoms with van der Waals surface area (Å²) in [4.78, 5) is 0. The first-order chi connectivity index (χ1) is 6.69. The van der Waals surface area contributed by atoms with Crippen molar-refractivity contribution in [1.29, 1.82) is 0 Å². The summed E-state index contributed by atoms with van der Waals surface area (Å²) in [6, 6.07) is 5.78. The molecule has 0 saturated heterocycles. The average Bonchev–Trinajstić information content (AvgIpc) is 2.15. The van der Waals surface area contributed by atoms with Crippen LogP contribution in [0.2, 0.25) is 5.02 Å². The van der Waals surface area contributed by atoms with Crippen LogP contribution in [0, 0.1) is 6.92 Å². The predicted octanol–water partition coefficient (Wildman–Crippen LogP) is 2.07. The molecule has 2 nitrogen and oxygen atoms in total. The SMILES string of the molecule is Cc1cc(Cl)ccc1C(CN)CCO. The Labute approximate surface area is 89.7 Å². The van der Waals surface area contributed by atoms with Crippen molar-refractivity contribution < 1.29 is 5.11 Å². The molecule has 0 fully saturated rings. The predicted molar refractivity (Wildman–Crippen MR) is 59.7 cm³/mol. The summed E-state index contributed by atoms with van der Waals surface area (Å²) in [5.74, 6) is 0.234. The summed E-state index contributed by atoms with van der Waals surface area (Å²) in [7, 11) is 0. The topological polar surface area (TPSA) is 46.2 Å². The molecule has 0 aliphatic rings. The van der Waals surface area contributed by atoms with Gasteiger partial charge < -0.3 is 10.8 Å². The third-order valence-electron chi connectivity index (χ3n) is 2.43. The largest absolute Gasteiger partial charge is 0.396 e. The van der Waals surface area contributed by atoms with Crippen LogP contribution >= 0.6 is 11.6 Å². The van der Waals surface area contributed by atoms with Gasteiger partial charge in [0.05, 0.1) is 0 Å². The molecule has 14 heavy (non-hydrogen) atoms. The number of hydrogen-bond donors (Lipinski definition) is 2. The first-order valence-electron chi connectivity index (χ1n) is 4.76. The highest BCUT2D eigenvalue weighted by Crippen LogP contribution is 2.24. The molecular formula is C11H16ClNO. The quantitative estimate of drug-likeness (QED) is 0.805. The second kappa shape index (κ2) is 5.35. The van der Waals surface area contributed by atoms with Gasteiger partial charge in [-0.05, 0) is 49.1 Å². The van der Waals surface area contributed by atoms with E-state index in [0.29, 0.717) is 13.0 Å². The molecular weight excluding hydrogens is 198 g/mol. The Balaban J connectivity index is 2.92. The number of nitrogens with two attached hydrogens (primary N) is 1. The van der Waals surface area contributed by atoms with Crippen LogP contribution in [-0.4, -0.2) is 18.3 Å². The Hall–Kier alpha value is -0.570. The van der Waals surface area contributed by atoms with Gasteiger partial charge >= 0.3 is 0 Å². The molecule has 1 aromatic rings. The Morgan fingerprint density at radius 1 is 1.50 bits per heavy atom. The van der Waals surface area contributed by atoms with Gasteiger partial charge in [0.15, 0.2) is 0 Å². The van der Waals surface area contributed by atoms with E-state index in [-0.39, 0.29) is 12.5 Å². The third-order valence-corrected chi connectivity index (χ3v) is 2.67. The van der Waals surface area contributed by atoms with E-state index in [1.54, 1.807) is 0 Å². The molecule has 0 spiro atoms. The molecule has 78 valence electrons. The minimum absolute atomic E-state index is 0.171. The van der Waals surface area contributed by atoms with Crippen molar-refractivity contribution in [3.63, 3.8) is 0 Å². The van der Waals surface area contributed by atoms with E-state index in [4.69, 9.17) is 22.4 Å². The smallest absolute Gasteiger partial charge is 0.0437 e. The third kappa shape index (κ3) is 2.71. The molecule has 0 bridgehead atoms. The molecule has 3 heteroatoms. The summed E-state index contributed by atoms with van der Waals surface area (Å²) in [5.41, 5.74) is 7.98. The second-order valence-electron chi connectivity index (χ2n) is 3.45. The zero-order valence-electron chi connectivity index (χ0n) is 8.33. The fourth-order valence-electron chi connectivity index (χ4n) is 1.65. The minimum atomic E-state index is 0.171. The zero-order chi connectivity index (χ0) is 10.6. The average molecular weight is 214 g/mol. The van der Waals surface area contributed by atoms with Crippen molar-refractivity contribution in [2.45, 2.75) is 19.3 Å². The van der Waals surface area contributed by atoms with Gasteiger partial charge in [-0.25, -0.2) is 0 Å². The first kappa shape index (κ1) is 11.5. The molecule has 0 aromatic heterocycles. The van der Waals surface area contributed by atoms with Crippen LogP contribution in [0.5, 0.6) is 0 Å². The molecule has 0 aliphatic heterocycles. The summed E-state index contributed by atoms with van der Waals surface area (Å²) in [5, 5.41) is 9.63. The zero-order valence-corrected chi connectivity index (χ0v) is 9.09. The number of hydrogen-bond acceptors (Lipinski definition) is 2. The van der Waals surface area contributed by atoms with Gasteiger partial charge in [-0.15, -0.1) is 0 Å². The molecule has 3 N–H and O–H groups in total. The Morgan fingerprint density at radius 3 is 2.71 bits per heavy atom. The van der Waals surface area contributed by atoms with E-state index in [1.165, 1.54) is 5.56 Å². The van der Waals surface area contributed by atoms with Crippen molar-refractivity contribution in [3.8, 4) is 0 Å². The second-order valence-corrected chi connectivity index (χ2v) is 3.88. The van der Waals surface area contributed by atoms with Crippen LogP contribution < -0.4 is 5.73 Å². The number of halogens is 1. The van der Waals surface area contributed by atoms with Crippen LogP contribution in [0.15, 0.2) is 18.2 Å². The maximum absolute atomic E-state index is 8.89. The number of rotatable bonds is 4. The number of benzene rings is 1. The van der Waals surface area contributed by atoms with Crippen molar-refractivity contribution >= 4 is 11.6 Å². The highest BCUT2D eigenvalue weighted by molar-refractivity contribution is 6.30. The lowest BCUT2D eigenvalue weighted by Crippen LogP contribution is -2.14. The van der Waals surface area contributed by atoms with Crippen LogP contribution in [0.4, 0.5) is 0 Å². The van der Waals surface area contributed by atoms with Crippen molar-refractivity contribution in [1.82, 2.24) is 0 Å². The lowest BCUT2D eigenvalue weighted by molar-refractivity contribution is 0.276. The Bertz CT molecular complexity index is 301. The van der Waals surface area contributed by atoms with Crippen LogP contribution in [-0.2, 0) is 0 Å². The highest BCUT2D eigenvalue weighted by atomic mass is 35.5. The van der Waals surface area contributed by atoms with Crippen molar-refractivity contribution in [2.75, 3.05) is 13.2 Å². The van der Waals surface area contributed by atoms with Crippen LogP contribution in [0.1, 0.15) is 23.5 Å². The Morgan fingerprint density at radius 2 is 2.21 bits per heavy atom. The maximum Gasteiger partial charge on any atom is 0.0437 e. The summed E-state index contributed by atoms with van der Waals surface area (Å²) < 4.78 is 0. The van der Waals surface area contributed by atoms with Gasteiger partial charge in [-0.3, -0.25) is 0 Å². The van der Waals surface area contributed by atoms with Gasteiger partial charge in [0.25, 0.3) is 0 Å². The molecule has 1 aromatic carbocycles. The number of aliphatic hydroxyl groups is 1. The molecule has 0 saturated carbocycles.